The molecule has 2 aliphatic rings. The number of hydrogen-bond donors (Lipinski definition) is 1. The lowest BCUT2D eigenvalue weighted by atomic mass is 9.97. The van der Waals surface area contributed by atoms with Crippen LogP contribution in [-0.4, -0.2) is 51.0 Å². The summed E-state index contributed by atoms with van der Waals surface area (Å²) in [6.07, 6.45) is 0.488. The molecule has 1 atom stereocenters. The second kappa shape index (κ2) is 9.64. The SMILES string of the molecule is O=C(NCC1COc2ccccc2O1)C1CCN(S(=O)(=O)Cc2c(F)cccc2Cl)CC1. The average molecular weight is 483 g/mol. The van der Waals surface area contributed by atoms with Gasteiger partial charge in [-0.2, -0.15) is 0 Å². The first kappa shape index (κ1) is 22.8. The summed E-state index contributed by atoms with van der Waals surface area (Å²) in [5.74, 6) is -0.258. The first-order valence-electron chi connectivity index (χ1n) is 10.4. The zero-order valence-corrected chi connectivity index (χ0v) is 18.9. The number of sulfonamides is 1. The highest BCUT2D eigenvalue weighted by Crippen LogP contribution is 2.31. The molecular formula is C22H24ClFN2O5S. The van der Waals surface area contributed by atoms with Crippen LogP contribution in [-0.2, 0) is 20.6 Å². The van der Waals surface area contributed by atoms with E-state index in [0.717, 1.165) is 0 Å². The molecule has 1 saturated heterocycles. The Balaban J connectivity index is 1.26. The number of fused-ring (bicyclic) bond motifs is 1. The molecule has 2 aromatic carbocycles. The molecule has 0 spiro atoms. The van der Waals surface area contributed by atoms with Crippen molar-refractivity contribution in [1.82, 2.24) is 9.62 Å². The monoisotopic (exact) mass is 482 g/mol. The highest BCUT2D eigenvalue weighted by Gasteiger charge is 2.32. The summed E-state index contributed by atoms with van der Waals surface area (Å²) in [6, 6.07) is 11.4. The summed E-state index contributed by atoms with van der Waals surface area (Å²) in [5, 5.41) is 2.97. The quantitative estimate of drug-likeness (QED) is 0.684. The third-order valence-electron chi connectivity index (χ3n) is 5.68. The maximum atomic E-state index is 14.0. The van der Waals surface area contributed by atoms with Crippen LogP contribution in [0.4, 0.5) is 4.39 Å². The van der Waals surface area contributed by atoms with Crippen LogP contribution in [0.1, 0.15) is 18.4 Å². The van der Waals surface area contributed by atoms with Gasteiger partial charge in [-0.15, -0.1) is 0 Å². The maximum absolute atomic E-state index is 14.0. The first-order chi connectivity index (χ1) is 15.3. The van der Waals surface area contributed by atoms with E-state index in [0.29, 0.717) is 37.5 Å². The van der Waals surface area contributed by atoms with Gasteiger partial charge in [0.15, 0.2) is 11.5 Å². The summed E-state index contributed by atoms with van der Waals surface area (Å²) in [5.41, 5.74) is -0.0368. The molecule has 7 nitrogen and oxygen atoms in total. The third-order valence-corrected chi connectivity index (χ3v) is 7.84. The molecule has 2 heterocycles. The van der Waals surface area contributed by atoms with Gasteiger partial charge in [0.1, 0.15) is 18.5 Å². The van der Waals surface area contributed by atoms with Gasteiger partial charge in [-0.05, 0) is 37.1 Å². The third kappa shape index (κ3) is 5.16. The van der Waals surface area contributed by atoms with Crippen molar-refractivity contribution < 1.29 is 27.1 Å². The lowest BCUT2D eigenvalue weighted by molar-refractivity contribution is -0.126. The molecule has 4 rings (SSSR count). The van der Waals surface area contributed by atoms with E-state index in [1.54, 1.807) is 0 Å². The number of halogens is 2. The Morgan fingerprint density at radius 1 is 1.12 bits per heavy atom. The van der Waals surface area contributed by atoms with Gasteiger partial charge in [0.2, 0.25) is 15.9 Å². The van der Waals surface area contributed by atoms with Crippen LogP contribution in [0.5, 0.6) is 11.5 Å². The van der Waals surface area contributed by atoms with Crippen LogP contribution in [0, 0.1) is 11.7 Å². The number of nitrogens with one attached hydrogen (secondary N) is 1. The molecule has 0 bridgehead atoms. The Bertz CT molecular complexity index is 1070. The van der Waals surface area contributed by atoms with Crippen molar-refractivity contribution >= 4 is 27.5 Å². The molecule has 1 amide bonds. The van der Waals surface area contributed by atoms with Gasteiger partial charge in [-0.3, -0.25) is 4.79 Å². The highest BCUT2D eigenvalue weighted by atomic mass is 35.5. The van der Waals surface area contributed by atoms with Crippen molar-refractivity contribution in [3.63, 3.8) is 0 Å². The molecule has 1 unspecified atom stereocenters. The smallest absolute Gasteiger partial charge is 0.223 e. The molecule has 10 heteroatoms. The summed E-state index contributed by atoms with van der Waals surface area (Å²) in [6.45, 7) is 1.04. The standard InChI is InChI=1S/C22H24ClFN2O5S/c23-18-4-3-5-19(24)17(18)14-32(28,29)26-10-8-15(9-11-26)22(27)25-12-16-13-30-20-6-1-2-7-21(20)31-16/h1-7,15-16H,8-14H2,(H,25,27). The number of hydrogen-bond acceptors (Lipinski definition) is 5. The van der Waals surface area contributed by atoms with E-state index in [1.165, 1.54) is 22.5 Å². The van der Waals surface area contributed by atoms with Crippen LogP contribution in [0.2, 0.25) is 5.02 Å². The summed E-state index contributed by atoms with van der Waals surface area (Å²) in [7, 11) is -3.75. The predicted molar refractivity (Wildman–Crippen MR) is 118 cm³/mol. The molecule has 1 fully saturated rings. The van der Waals surface area contributed by atoms with E-state index in [1.807, 2.05) is 24.3 Å². The molecule has 32 heavy (non-hydrogen) atoms. The molecule has 2 aromatic rings. The zero-order valence-electron chi connectivity index (χ0n) is 17.3. The van der Waals surface area contributed by atoms with Gasteiger partial charge in [0.05, 0.1) is 12.3 Å². The predicted octanol–water partition coefficient (Wildman–Crippen LogP) is 2.98. The molecule has 0 radical (unpaired) electrons. The van der Waals surface area contributed by atoms with Crippen molar-refractivity contribution in [3.8, 4) is 11.5 Å². The number of ether oxygens (including phenoxy) is 2. The van der Waals surface area contributed by atoms with E-state index in [-0.39, 0.29) is 41.6 Å². The van der Waals surface area contributed by atoms with Crippen molar-refractivity contribution in [1.29, 1.82) is 0 Å². The Morgan fingerprint density at radius 3 is 2.56 bits per heavy atom. The maximum Gasteiger partial charge on any atom is 0.223 e. The number of nitrogens with zero attached hydrogens (tertiary/aromatic N) is 1. The lowest BCUT2D eigenvalue weighted by Crippen LogP contribution is -2.46. The Morgan fingerprint density at radius 2 is 1.84 bits per heavy atom. The second-order valence-electron chi connectivity index (χ2n) is 7.87. The minimum atomic E-state index is -3.75. The minimum Gasteiger partial charge on any atom is -0.486 e. The molecule has 0 aliphatic carbocycles. The van der Waals surface area contributed by atoms with Crippen molar-refractivity contribution in [2.75, 3.05) is 26.2 Å². The minimum absolute atomic E-state index is 0.0368. The topological polar surface area (TPSA) is 84.9 Å². The molecule has 1 N–H and O–H groups in total. The zero-order chi connectivity index (χ0) is 22.7. The van der Waals surface area contributed by atoms with Crippen LogP contribution in [0.15, 0.2) is 42.5 Å². The number of amides is 1. The van der Waals surface area contributed by atoms with Crippen molar-refractivity contribution in [2.45, 2.75) is 24.7 Å². The van der Waals surface area contributed by atoms with Crippen LogP contribution >= 0.6 is 11.6 Å². The number of carbonyl (C=O) groups is 1. The van der Waals surface area contributed by atoms with Crippen LogP contribution in [0.3, 0.4) is 0 Å². The van der Waals surface area contributed by atoms with Gasteiger partial charge in [-0.1, -0.05) is 29.8 Å². The molecule has 0 aromatic heterocycles. The summed E-state index contributed by atoms with van der Waals surface area (Å²) >= 11 is 5.97. The first-order valence-corrected chi connectivity index (χ1v) is 12.4. The molecule has 0 saturated carbocycles. The van der Waals surface area contributed by atoms with Gasteiger partial charge < -0.3 is 14.8 Å². The fraction of sp³-hybridized carbons (Fsp3) is 0.409. The van der Waals surface area contributed by atoms with Gasteiger partial charge in [0, 0.05) is 29.6 Å². The average Bonchev–Trinajstić information content (AvgIpc) is 2.80. The Labute approximate surface area is 191 Å². The lowest BCUT2D eigenvalue weighted by Gasteiger charge is -2.31. The number of para-hydroxylation sites is 2. The van der Waals surface area contributed by atoms with Crippen LogP contribution in [0.25, 0.3) is 0 Å². The fourth-order valence-corrected chi connectivity index (χ4v) is 5.78. The molecule has 172 valence electrons. The Hall–Kier alpha value is -2.36. The van der Waals surface area contributed by atoms with E-state index < -0.39 is 21.6 Å². The molecular weight excluding hydrogens is 459 g/mol. The highest BCUT2D eigenvalue weighted by molar-refractivity contribution is 7.88. The van der Waals surface area contributed by atoms with E-state index >= 15 is 0 Å². The van der Waals surface area contributed by atoms with E-state index in [2.05, 4.69) is 5.32 Å². The number of piperidine rings is 1. The van der Waals surface area contributed by atoms with Gasteiger partial charge in [-0.25, -0.2) is 17.1 Å². The fourth-order valence-electron chi connectivity index (χ4n) is 3.86. The summed E-state index contributed by atoms with van der Waals surface area (Å²) < 4.78 is 52.3. The van der Waals surface area contributed by atoms with Crippen molar-refractivity contribution in [2.24, 2.45) is 5.92 Å². The number of carbonyl (C=O) groups excluding carboxylic acids is 1. The summed E-state index contributed by atoms with van der Waals surface area (Å²) in [4.78, 5) is 12.6. The Kier molecular flexibility index (Phi) is 6.88. The van der Waals surface area contributed by atoms with E-state index in [9.17, 15) is 17.6 Å². The van der Waals surface area contributed by atoms with Gasteiger partial charge in [0.25, 0.3) is 0 Å². The van der Waals surface area contributed by atoms with Crippen LogP contribution < -0.4 is 14.8 Å². The second-order valence-corrected chi connectivity index (χ2v) is 10.2. The van der Waals surface area contributed by atoms with Crippen molar-refractivity contribution in [3.05, 3.63) is 58.9 Å². The largest absolute Gasteiger partial charge is 0.486 e. The number of rotatable bonds is 6. The normalized spacial score (nSPS) is 19.5. The molecule has 2 aliphatic heterocycles. The van der Waals surface area contributed by atoms with E-state index in [4.69, 9.17) is 21.1 Å². The number of benzene rings is 2. The van der Waals surface area contributed by atoms with Gasteiger partial charge >= 0.3 is 0 Å².